The van der Waals surface area contributed by atoms with Crippen molar-refractivity contribution in [1.82, 2.24) is 10.3 Å². The Morgan fingerprint density at radius 2 is 2.04 bits per heavy atom. The van der Waals surface area contributed by atoms with Crippen molar-refractivity contribution in [1.29, 1.82) is 0 Å². The molecule has 0 fully saturated rings. The quantitative estimate of drug-likeness (QED) is 0.682. The number of thioether (sulfide) groups is 1. The lowest BCUT2D eigenvalue weighted by molar-refractivity contribution is -0.118. The van der Waals surface area contributed by atoms with E-state index in [0.717, 1.165) is 17.7 Å². The average molecular weight is 338 g/mol. The minimum absolute atomic E-state index is 0.104. The van der Waals surface area contributed by atoms with E-state index >= 15 is 0 Å². The molecule has 0 radical (unpaired) electrons. The molecule has 3 aromatic rings. The largest absolute Gasteiger partial charge is 0.361 e. The van der Waals surface area contributed by atoms with Crippen LogP contribution in [-0.2, 0) is 17.0 Å². The van der Waals surface area contributed by atoms with Gasteiger partial charge in [-0.3, -0.25) is 4.79 Å². The van der Waals surface area contributed by atoms with Crippen LogP contribution in [0.3, 0.4) is 0 Å². The first-order chi connectivity index (χ1) is 11.7. The van der Waals surface area contributed by atoms with E-state index < -0.39 is 0 Å². The fourth-order valence-electron chi connectivity index (χ4n) is 2.79. The molecule has 0 unspecified atom stereocenters. The summed E-state index contributed by atoms with van der Waals surface area (Å²) < 4.78 is 0. The summed E-state index contributed by atoms with van der Waals surface area (Å²) in [4.78, 5) is 15.2. The maximum absolute atomic E-state index is 12.0. The maximum Gasteiger partial charge on any atom is 0.230 e. The van der Waals surface area contributed by atoms with Crippen LogP contribution in [0.4, 0.5) is 0 Å². The summed E-state index contributed by atoms with van der Waals surface area (Å²) in [6.07, 6.45) is 2.88. The number of hydrogen-bond donors (Lipinski definition) is 2. The van der Waals surface area contributed by atoms with E-state index in [1.807, 2.05) is 18.3 Å². The van der Waals surface area contributed by atoms with Crippen LogP contribution in [0.2, 0.25) is 0 Å². The van der Waals surface area contributed by atoms with Gasteiger partial charge in [-0.05, 0) is 30.5 Å². The van der Waals surface area contributed by atoms with Crippen LogP contribution in [-0.4, -0.2) is 23.2 Å². The summed E-state index contributed by atoms with van der Waals surface area (Å²) in [7, 11) is 0. The van der Waals surface area contributed by atoms with Crippen LogP contribution < -0.4 is 5.32 Å². The van der Waals surface area contributed by atoms with Crippen molar-refractivity contribution in [3.63, 3.8) is 0 Å². The third-order valence-corrected chi connectivity index (χ3v) is 4.98. The lowest BCUT2D eigenvalue weighted by Gasteiger charge is -2.05. The molecule has 1 heterocycles. The van der Waals surface area contributed by atoms with Crippen LogP contribution >= 0.6 is 11.8 Å². The fourth-order valence-corrected chi connectivity index (χ4v) is 3.59. The van der Waals surface area contributed by atoms with Crippen LogP contribution in [0.5, 0.6) is 0 Å². The number of nitrogens with one attached hydrogen (secondary N) is 2. The van der Waals surface area contributed by atoms with Gasteiger partial charge in [0.25, 0.3) is 0 Å². The molecule has 3 nitrogen and oxygen atoms in total. The molecule has 0 saturated carbocycles. The van der Waals surface area contributed by atoms with Crippen molar-refractivity contribution in [2.24, 2.45) is 0 Å². The van der Waals surface area contributed by atoms with E-state index in [2.05, 4.69) is 53.6 Å². The van der Waals surface area contributed by atoms with E-state index in [4.69, 9.17) is 0 Å². The maximum atomic E-state index is 12.0. The number of rotatable bonds is 7. The molecule has 2 N–H and O–H groups in total. The standard InChI is InChI=1S/C20H22N2OS/c1-15-5-4-6-16(11-15)13-24-14-20(23)21-10-9-17-12-22-19-8-3-2-7-18(17)19/h2-8,11-12,22H,9-10,13-14H2,1H3,(H,21,23). The molecule has 0 atom stereocenters. The summed E-state index contributed by atoms with van der Waals surface area (Å²) in [5.74, 6) is 1.48. The van der Waals surface area contributed by atoms with Crippen LogP contribution in [0.25, 0.3) is 10.9 Å². The van der Waals surface area contributed by atoms with Gasteiger partial charge < -0.3 is 10.3 Å². The Bertz CT molecular complexity index is 825. The first-order valence-electron chi connectivity index (χ1n) is 8.17. The monoisotopic (exact) mass is 338 g/mol. The summed E-state index contributed by atoms with van der Waals surface area (Å²) in [5, 5.41) is 4.25. The van der Waals surface area contributed by atoms with Gasteiger partial charge in [0, 0.05) is 29.4 Å². The number of aromatic amines is 1. The molecular weight excluding hydrogens is 316 g/mol. The van der Waals surface area contributed by atoms with Crippen molar-refractivity contribution in [3.05, 3.63) is 71.4 Å². The highest BCUT2D eigenvalue weighted by atomic mass is 32.2. The highest BCUT2D eigenvalue weighted by molar-refractivity contribution is 7.99. The average Bonchev–Trinajstić information content (AvgIpc) is 2.98. The molecule has 0 aliphatic rings. The number of carbonyl (C=O) groups is 1. The second kappa shape index (κ2) is 8.06. The molecule has 124 valence electrons. The van der Waals surface area contributed by atoms with E-state index in [1.165, 1.54) is 22.1 Å². The number of fused-ring (bicyclic) bond motifs is 1. The number of hydrogen-bond acceptors (Lipinski definition) is 2. The summed E-state index contributed by atoms with van der Waals surface area (Å²) in [6, 6.07) is 16.7. The SMILES string of the molecule is Cc1cccc(CSCC(=O)NCCc2c[nH]c3ccccc23)c1. The molecule has 2 aromatic carbocycles. The Kier molecular flexibility index (Phi) is 5.59. The Balaban J connectivity index is 1.40. The molecule has 0 aliphatic heterocycles. The molecule has 0 aliphatic carbocycles. The molecule has 4 heteroatoms. The number of carbonyl (C=O) groups excluding carboxylic acids is 1. The highest BCUT2D eigenvalue weighted by Crippen LogP contribution is 2.17. The normalized spacial score (nSPS) is 10.9. The predicted molar refractivity (Wildman–Crippen MR) is 102 cm³/mol. The Labute approximate surface area is 146 Å². The third kappa shape index (κ3) is 4.42. The Hall–Kier alpha value is -2.20. The minimum Gasteiger partial charge on any atom is -0.361 e. The zero-order chi connectivity index (χ0) is 16.8. The minimum atomic E-state index is 0.104. The number of H-pyrrole nitrogens is 1. The van der Waals surface area contributed by atoms with Gasteiger partial charge in [0.1, 0.15) is 0 Å². The van der Waals surface area contributed by atoms with E-state index in [1.54, 1.807) is 11.8 Å². The first kappa shape index (κ1) is 16.7. The zero-order valence-corrected chi connectivity index (χ0v) is 14.7. The number of aromatic nitrogens is 1. The number of amides is 1. The second-order valence-corrected chi connectivity index (χ2v) is 6.93. The topological polar surface area (TPSA) is 44.9 Å². The van der Waals surface area contributed by atoms with Gasteiger partial charge in [-0.1, -0.05) is 48.0 Å². The highest BCUT2D eigenvalue weighted by Gasteiger charge is 2.05. The number of benzene rings is 2. The van der Waals surface area contributed by atoms with Gasteiger partial charge in [0.2, 0.25) is 5.91 Å². The van der Waals surface area contributed by atoms with Gasteiger partial charge in [-0.15, -0.1) is 11.8 Å². The Morgan fingerprint density at radius 3 is 2.92 bits per heavy atom. The van der Waals surface area contributed by atoms with E-state index in [-0.39, 0.29) is 5.91 Å². The summed E-state index contributed by atoms with van der Waals surface area (Å²) >= 11 is 1.66. The lowest BCUT2D eigenvalue weighted by Crippen LogP contribution is -2.27. The van der Waals surface area contributed by atoms with Crippen molar-refractivity contribution >= 4 is 28.6 Å². The van der Waals surface area contributed by atoms with E-state index in [9.17, 15) is 4.79 Å². The molecule has 0 spiro atoms. The fraction of sp³-hybridized carbons (Fsp3) is 0.250. The number of para-hydroxylation sites is 1. The molecule has 0 bridgehead atoms. The smallest absolute Gasteiger partial charge is 0.230 e. The summed E-state index contributed by atoms with van der Waals surface area (Å²) in [5.41, 5.74) is 4.92. The molecule has 1 amide bonds. The third-order valence-electron chi connectivity index (χ3n) is 3.98. The van der Waals surface area contributed by atoms with E-state index in [0.29, 0.717) is 12.3 Å². The Morgan fingerprint density at radius 1 is 1.17 bits per heavy atom. The van der Waals surface area contributed by atoms with Gasteiger partial charge in [0.05, 0.1) is 5.75 Å². The van der Waals surface area contributed by atoms with Crippen molar-refractivity contribution in [2.45, 2.75) is 19.1 Å². The predicted octanol–water partition coefficient (Wildman–Crippen LogP) is 4.07. The van der Waals surface area contributed by atoms with Gasteiger partial charge in [-0.25, -0.2) is 0 Å². The van der Waals surface area contributed by atoms with Gasteiger partial charge in [0.15, 0.2) is 0 Å². The second-order valence-electron chi connectivity index (χ2n) is 5.94. The molecule has 24 heavy (non-hydrogen) atoms. The first-order valence-corrected chi connectivity index (χ1v) is 9.33. The van der Waals surface area contributed by atoms with Gasteiger partial charge >= 0.3 is 0 Å². The van der Waals surface area contributed by atoms with Crippen molar-refractivity contribution < 1.29 is 4.79 Å². The molecule has 3 rings (SSSR count). The lowest BCUT2D eigenvalue weighted by atomic mass is 10.1. The van der Waals surface area contributed by atoms with Crippen LogP contribution in [0, 0.1) is 6.92 Å². The van der Waals surface area contributed by atoms with Crippen molar-refractivity contribution in [3.8, 4) is 0 Å². The zero-order valence-electron chi connectivity index (χ0n) is 13.8. The van der Waals surface area contributed by atoms with Crippen LogP contribution in [0.1, 0.15) is 16.7 Å². The van der Waals surface area contributed by atoms with Crippen LogP contribution in [0.15, 0.2) is 54.7 Å². The number of aryl methyl sites for hydroxylation is 1. The molecular formula is C20H22N2OS. The van der Waals surface area contributed by atoms with Crippen molar-refractivity contribution in [2.75, 3.05) is 12.3 Å². The molecule has 1 aromatic heterocycles. The summed E-state index contributed by atoms with van der Waals surface area (Å²) in [6.45, 7) is 2.76. The van der Waals surface area contributed by atoms with Gasteiger partial charge in [-0.2, -0.15) is 0 Å². The molecule has 0 saturated heterocycles.